The maximum atomic E-state index is 14.4. The third-order valence-electron chi connectivity index (χ3n) is 7.16. The molecular weight excluding hydrogens is 425 g/mol. The van der Waals surface area contributed by atoms with Gasteiger partial charge in [-0.05, 0) is 79.9 Å². The van der Waals surface area contributed by atoms with Gasteiger partial charge in [0.05, 0.1) is 0 Å². The van der Waals surface area contributed by atoms with Crippen LogP contribution in [0.15, 0.2) is 12.1 Å². The maximum absolute atomic E-state index is 14.4. The number of rotatable bonds is 6. The molecule has 0 N–H and O–H groups in total. The Morgan fingerprint density at radius 1 is 0.839 bits per heavy atom. The van der Waals surface area contributed by atoms with Crippen molar-refractivity contribution in [2.75, 3.05) is 13.3 Å². The zero-order valence-corrected chi connectivity index (χ0v) is 17.6. The van der Waals surface area contributed by atoms with E-state index in [2.05, 4.69) is 11.7 Å². The molecule has 1 aromatic rings. The number of hydrogen-bond acceptors (Lipinski definition) is 1. The minimum Gasteiger partial charge on any atom is -0.484 e. The highest BCUT2D eigenvalue weighted by atomic mass is 19.4. The van der Waals surface area contributed by atoms with Crippen molar-refractivity contribution in [3.05, 3.63) is 29.3 Å². The summed E-state index contributed by atoms with van der Waals surface area (Å²) in [5.74, 6) is -1.45. The molecule has 2 saturated carbocycles. The standard InChI is InChI=1S/C23H29F7O/c1-14-2-4-15(5-3-14)16-6-8-17(9-7-16)18-10-19(25)21(20(26)11-18)31-13-22(27,12-24)23(28,29)30/h10-11,14-17H,2-9,12-13H2,1H3. The zero-order valence-electron chi connectivity index (χ0n) is 17.6. The summed E-state index contributed by atoms with van der Waals surface area (Å²) in [7, 11) is 0. The van der Waals surface area contributed by atoms with E-state index in [4.69, 9.17) is 0 Å². The monoisotopic (exact) mass is 454 g/mol. The lowest BCUT2D eigenvalue weighted by Gasteiger charge is -2.37. The van der Waals surface area contributed by atoms with Crippen LogP contribution in [0.1, 0.15) is 69.8 Å². The topological polar surface area (TPSA) is 9.23 Å². The molecule has 1 aromatic carbocycles. The average molecular weight is 454 g/mol. The van der Waals surface area contributed by atoms with Crippen molar-refractivity contribution >= 4 is 0 Å². The third kappa shape index (κ3) is 5.48. The molecule has 31 heavy (non-hydrogen) atoms. The second-order valence-corrected chi connectivity index (χ2v) is 9.33. The molecule has 2 fully saturated rings. The lowest BCUT2D eigenvalue weighted by Crippen LogP contribution is -2.48. The minimum absolute atomic E-state index is 0.0434. The zero-order chi connectivity index (χ0) is 22.8. The van der Waals surface area contributed by atoms with Crippen LogP contribution in [0.2, 0.25) is 0 Å². The van der Waals surface area contributed by atoms with E-state index in [0.29, 0.717) is 17.4 Å². The first-order chi connectivity index (χ1) is 14.5. The molecule has 2 aliphatic rings. The molecule has 1 nitrogen and oxygen atoms in total. The predicted molar refractivity (Wildman–Crippen MR) is 104 cm³/mol. The minimum atomic E-state index is -5.55. The molecule has 0 bridgehead atoms. The van der Waals surface area contributed by atoms with Crippen LogP contribution in [0.5, 0.6) is 5.75 Å². The summed E-state index contributed by atoms with van der Waals surface area (Å²) in [6.07, 6.45) is 2.97. The van der Waals surface area contributed by atoms with Crippen LogP contribution in [0, 0.1) is 29.4 Å². The van der Waals surface area contributed by atoms with Crippen molar-refractivity contribution in [3.63, 3.8) is 0 Å². The smallest absolute Gasteiger partial charge is 0.428 e. The molecule has 0 aromatic heterocycles. The van der Waals surface area contributed by atoms with Crippen molar-refractivity contribution < 1.29 is 35.5 Å². The quantitative estimate of drug-likeness (QED) is 0.401. The first kappa shape index (κ1) is 24.2. The van der Waals surface area contributed by atoms with Crippen molar-refractivity contribution in [2.24, 2.45) is 17.8 Å². The SMILES string of the molecule is CC1CCC(C2CCC(c3cc(F)c(OCC(F)(CF)C(F)(F)F)c(F)c3)CC2)CC1. The number of hydrogen-bond donors (Lipinski definition) is 0. The summed E-state index contributed by atoms with van der Waals surface area (Å²) in [5.41, 5.74) is -3.90. The first-order valence-corrected chi connectivity index (χ1v) is 11.0. The Morgan fingerprint density at radius 3 is 1.77 bits per heavy atom. The fourth-order valence-corrected chi connectivity index (χ4v) is 5.02. The van der Waals surface area contributed by atoms with Gasteiger partial charge in [0.15, 0.2) is 17.4 Å². The van der Waals surface area contributed by atoms with Gasteiger partial charge in [-0.25, -0.2) is 17.6 Å². The van der Waals surface area contributed by atoms with Gasteiger partial charge >= 0.3 is 6.18 Å². The summed E-state index contributed by atoms with van der Waals surface area (Å²) in [6, 6.07) is 2.07. The van der Waals surface area contributed by atoms with Gasteiger partial charge in [-0.1, -0.05) is 19.8 Å². The molecule has 0 saturated heterocycles. The van der Waals surface area contributed by atoms with Gasteiger partial charge in [0.2, 0.25) is 0 Å². The van der Waals surface area contributed by atoms with E-state index in [0.717, 1.165) is 43.7 Å². The highest BCUT2D eigenvalue weighted by Gasteiger charge is 2.57. The van der Waals surface area contributed by atoms with Gasteiger partial charge in [-0.2, -0.15) is 13.2 Å². The van der Waals surface area contributed by atoms with Crippen LogP contribution in [0.4, 0.5) is 30.7 Å². The lowest BCUT2D eigenvalue weighted by atomic mass is 9.68. The molecule has 1 atom stereocenters. The van der Waals surface area contributed by atoms with E-state index >= 15 is 0 Å². The summed E-state index contributed by atoms with van der Waals surface area (Å²) >= 11 is 0. The molecule has 3 rings (SSSR count). The summed E-state index contributed by atoms with van der Waals surface area (Å²) in [6.45, 7) is -1.98. The Bertz CT molecular complexity index is 711. The maximum Gasteiger partial charge on any atom is 0.428 e. The van der Waals surface area contributed by atoms with E-state index in [1.807, 2.05) is 0 Å². The van der Waals surface area contributed by atoms with Crippen LogP contribution >= 0.6 is 0 Å². The second kappa shape index (κ2) is 9.57. The fourth-order valence-electron chi connectivity index (χ4n) is 5.02. The van der Waals surface area contributed by atoms with Crippen LogP contribution in [-0.4, -0.2) is 25.1 Å². The largest absolute Gasteiger partial charge is 0.484 e. The molecule has 0 amide bonds. The van der Waals surface area contributed by atoms with E-state index in [-0.39, 0.29) is 5.92 Å². The highest BCUT2D eigenvalue weighted by Crippen LogP contribution is 2.44. The van der Waals surface area contributed by atoms with Crippen LogP contribution in [-0.2, 0) is 0 Å². The van der Waals surface area contributed by atoms with Crippen LogP contribution in [0.25, 0.3) is 0 Å². The summed E-state index contributed by atoms with van der Waals surface area (Å²) in [4.78, 5) is 0. The lowest BCUT2D eigenvalue weighted by molar-refractivity contribution is -0.243. The van der Waals surface area contributed by atoms with Gasteiger partial charge in [0.1, 0.15) is 13.3 Å². The van der Waals surface area contributed by atoms with Gasteiger partial charge in [-0.3, -0.25) is 0 Å². The molecule has 0 radical (unpaired) electrons. The molecular formula is C23H29F7O. The number of benzene rings is 1. The van der Waals surface area contributed by atoms with Gasteiger partial charge in [0, 0.05) is 0 Å². The summed E-state index contributed by atoms with van der Waals surface area (Å²) < 4.78 is 97.3. The van der Waals surface area contributed by atoms with E-state index < -0.39 is 42.5 Å². The van der Waals surface area contributed by atoms with Crippen LogP contribution < -0.4 is 4.74 Å². The molecule has 0 heterocycles. The summed E-state index contributed by atoms with van der Waals surface area (Å²) in [5, 5.41) is 0. The van der Waals surface area contributed by atoms with Crippen molar-refractivity contribution in [2.45, 2.75) is 76.1 Å². The van der Waals surface area contributed by atoms with Gasteiger partial charge in [-0.15, -0.1) is 0 Å². The normalized spacial score (nSPS) is 29.4. The van der Waals surface area contributed by atoms with Crippen molar-refractivity contribution in [3.8, 4) is 5.75 Å². The average Bonchev–Trinajstić information content (AvgIpc) is 2.72. The number of alkyl halides is 5. The van der Waals surface area contributed by atoms with E-state index in [1.165, 1.54) is 25.7 Å². The fraction of sp³-hybridized carbons (Fsp3) is 0.739. The van der Waals surface area contributed by atoms with Gasteiger partial charge in [0.25, 0.3) is 5.67 Å². The molecule has 2 aliphatic carbocycles. The Kier molecular flexibility index (Phi) is 7.47. The molecule has 0 spiro atoms. The van der Waals surface area contributed by atoms with Crippen molar-refractivity contribution in [1.29, 1.82) is 0 Å². The molecule has 0 aliphatic heterocycles. The number of halogens is 7. The Labute approximate surface area is 178 Å². The molecule has 1 unspecified atom stereocenters. The van der Waals surface area contributed by atoms with Crippen LogP contribution in [0.3, 0.4) is 0 Å². The molecule has 176 valence electrons. The Hall–Kier alpha value is -1.47. The Balaban J connectivity index is 1.62. The van der Waals surface area contributed by atoms with Gasteiger partial charge < -0.3 is 4.74 Å². The molecule has 8 heteroatoms. The van der Waals surface area contributed by atoms with E-state index in [9.17, 15) is 30.7 Å². The number of ether oxygens (including phenoxy) is 1. The predicted octanol–water partition coefficient (Wildman–Crippen LogP) is 7.68. The first-order valence-electron chi connectivity index (χ1n) is 11.0. The Morgan fingerprint density at radius 2 is 1.32 bits per heavy atom. The van der Waals surface area contributed by atoms with Crippen molar-refractivity contribution in [1.82, 2.24) is 0 Å². The van der Waals surface area contributed by atoms with E-state index in [1.54, 1.807) is 0 Å². The third-order valence-corrected chi connectivity index (χ3v) is 7.16. The highest BCUT2D eigenvalue weighted by molar-refractivity contribution is 5.33. The second-order valence-electron chi connectivity index (χ2n) is 9.33.